The summed E-state index contributed by atoms with van der Waals surface area (Å²) in [5.74, 6) is 1.79. The first-order valence-corrected chi connectivity index (χ1v) is 5.91. The van der Waals surface area contributed by atoms with E-state index in [4.69, 9.17) is 4.74 Å². The standard InChI is InChI=1S/C14H19NO/c1-2-3-5-12-6-4-7-14(8-12)16-11-13-9-15-10-13/h2-7,13,15H,8-11H2,1H3/b3-2-,12-5-. The minimum absolute atomic E-state index is 0.703. The van der Waals surface area contributed by atoms with E-state index in [0.717, 1.165) is 31.9 Å². The van der Waals surface area contributed by atoms with Gasteiger partial charge in [0.1, 0.15) is 5.76 Å². The van der Waals surface area contributed by atoms with Crippen molar-refractivity contribution < 1.29 is 4.74 Å². The molecular weight excluding hydrogens is 198 g/mol. The lowest BCUT2D eigenvalue weighted by Gasteiger charge is -2.27. The second kappa shape index (κ2) is 5.71. The Bertz CT molecular complexity index is 346. The van der Waals surface area contributed by atoms with E-state index in [2.05, 4.69) is 35.7 Å². The smallest absolute Gasteiger partial charge is 0.100 e. The minimum Gasteiger partial charge on any atom is -0.497 e. The van der Waals surface area contributed by atoms with Crippen molar-refractivity contribution in [1.29, 1.82) is 0 Å². The molecule has 2 nitrogen and oxygen atoms in total. The molecule has 0 aromatic carbocycles. The zero-order chi connectivity index (χ0) is 11.2. The Labute approximate surface area is 97.4 Å². The molecule has 0 unspecified atom stereocenters. The molecule has 2 aliphatic rings. The van der Waals surface area contributed by atoms with Crippen molar-refractivity contribution in [2.24, 2.45) is 5.92 Å². The van der Waals surface area contributed by atoms with E-state index >= 15 is 0 Å². The summed E-state index contributed by atoms with van der Waals surface area (Å²) >= 11 is 0. The van der Waals surface area contributed by atoms with Gasteiger partial charge in [0, 0.05) is 25.4 Å². The zero-order valence-electron chi connectivity index (χ0n) is 9.78. The molecule has 2 rings (SSSR count). The van der Waals surface area contributed by atoms with Crippen molar-refractivity contribution in [3.63, 3.8) is 0 Å². The maximum absolute atomic E-state index is 5.80. The molecule has 1 fully saturated rings. The minimum atomic E-state index is 0.703. The van der Waals surface area contributed by atoms with Gasteiger partial charge in [0.2, 0.25) is 0 Å². The van der Waals surface area contributed by atoms with E-state index < -0.39 is 0 Å². The van der Waals surface area contributed by atoms with Crippen LogP contribution in [0.15, 0.2) is 47.8 Å². The number of hydrogen-bond acceptors (Lipinski definition) is 2. The summed E-state index contributed by atoms with van der Waals surface area (Å²) in [5.41, 5.74) is 1.31. The maximum Gasteiger partial charge on any atom is 0.100 e. The topological polar surface area (TPSA) is 21.3 Å². The Morgan fingerprint density at radius 3 is 3.06 bits per heavy atom. The predicted octanol–water partition coefficient (Wildman–Crippen LogP) is 2.57. The molecule has 0 radical (unpaired) electrons. The van der Waals surface area contributed by atoms with Gasteiger partial charge in [-0.3, -0.25) is 0 Å². The molecule has 0 aromatic heterocycles. The van der Waals surface area contributed by atoms with Crippen LogP contribution < -0.4 is 5.32 Å². The molecule has 2 heteroatoms. The molecule has 1 saturated heterocycles. The number of allylic oxidation sites excluding steroid dienone is 7. The van der Waals surface area contributed by atoms with E-state index in [0.29, 0.717) is 5.92 Å². The van der Waals surface area contributed by atoms with E-state index in [1.54, 1.807) is 0 Å². The van der Waals surface area contributed by atoms with Gasteiger partial charge in [0.05, 0.1) is 6.61 Å². The van der Waals surface area contributed by atoms with Crippen LogP contribution in [0.2, 0.25) is 0 Å². The van der Waals surface area contributed by atoms with Gasteiger partial charge in [-0.05, 0) is 18.6 Å². The van der Waals surface area contributed by atoms with Gasteiger partial charge in [0.25, 0.3) is 0 Å². The molecule has 0 amide bonds. The Hall–Kier alpha value is -1.28. The van der Waals surface area contributed by atoms with Gasteiger partial charge in [-0.15, -0.1) is 0 Å². The fraction of sp³-hybridized carbons (Fsp3) is 0.429. The van der Waals surface area contributed by atoms with Crippen LogP contribution >= 0.6 is 0 Å². The van der Waals surface area contributed by atoms with Gasteiger partial charge >= 0.3 is 0 Å². The number of ether oxygens (including phenoxy) is 1. The van der Waals surface area contributed by atoms with Crippen molar-refractivity contribution in [2.45, 2.75) is 13.3 Å². The third-order valence-electron chi connectivity index (χ3n) is 2.84. The van der Waals surface area contributed by atoms with Crippen molar-refractivity contribution >= 4 is 0 Å². The lowest BCUT2D eigenvalue weighted by atomic mass is 10.0. The van der Waals surface area contributed by atoms with Gasteiger partial charge in [-0.25, -0.2) is 0 Å². The Kier molecular flexibility index (Phi) is 4.00. The summed E-state index contributed by atoms with van der Waals surface area (Å²) in [6.45, 7) is 5.08. The maximum atomic E-state index is 5.80. The lowest BCUT2D eigenvalue weighted by molar-refractivity contribution is 0.131. The van der Waals surface area contributed by atoms with Gasteiger partial charge < -0.3 is 10.1 Å². The van der Waals surface area contributed by atoms with E-state index in [1.165, 1.54) is 5.57 Å². The number of rotatable bonds is 4. The largest absolute Gasteiger partial charge is 0.497 e. The monoisotopic (exact) mass is 217 g/mol. The average Bonchev–Trinajstić information content (AvgIpc) is 2.25. The molecule has 0 spiro atoms. The van der Waals surface area contributed by atoms with E-state index in [9.17, 15) is 0 Å². The molecule has 86 valence electrons. The average molecular weight is 217 g/mol. The third-order valence-corrected chi connectivity index (χ3v) is 2.84. The molecule has 0 bridgehead atoms. The SMILES string of the molecule is C/C=C\C=C1\C=CC=C(OCC2CNC2)C1. The molecule has 0 saturated carbocycles. The van der Waals surface area contributed by atoms with Crippen LogP contribution in [0.3, 0.4) is 0 Å². The highest BCUT2D eigenvalue weighted by Crippen LogP contribution is 2.20. The second-order valence-corrected chi connectivity index (χ2v) is 4.27. The summed E-state index contributed by atoms with van der Waals surface area (Å²) in [4.78, 5) is 0. The Morgan fingerprint density at radius 1 is 1.50 bits per heavy atom. The van der Waals surface area contributed by atoms with E-state index in [-0.39, 0.29) is 0 Å². The van der Waals surface area contributed by atoms with Crippen molar-refractivity contribution in [3.8, 4) is 0 Å². The molecule has 1 aliphatic heterocycles. The molecule has 16 heavy (non-hydrogen) atoms. The highest BCUT2D eigenvalue weighted by molar-refractivity contribution is 5.34. The van der Waals surface area contributed by atoms with Crippen LogP contribution in [0.5, 0.6) is 0 Å². The molecule has 1 heterocycles. The van der Waals surface area contributed by atoms with Gasteiger partial charge in [-0.2, -0.15) is 0 Å². The summed E-state index contributed by atoms with van der Waals surface area (Å²) in [7, 11) is 0. The first-order valence-electron chi connectivity index (χ1n) is 5.91. The zero-order valence-corrected chi connectivity index (χ0v) is 9.78. The van der Waals surface area contributed by atoms with Crippen molar-refractivity contribution in [2.75, 3.05) is 19.7 Å². The third kappa shape index (κ3) is 3.11. The first kappa shape index (κ1) is 11.2. The quantitative estimate of drug-likeness (QED) is 0.781. The highest BCUT2D eigenvalue weighted by Gasteiger charge is 2.17. The first-order chi connectivity index (χ1) is 7.88. The summed E-state index contributed by atoms with van der Waals surface area (Å²) < 4.78 is 5.80. The summed E-state index contributed by atoms with van der Waals surface area (Å²) in [6, 6.07) is 0. The summed E-state index contributed by atoms with van der Waals surface area (Å²) in [5, 5.41) is 3.25. The Morgan fingerprint density at radius 2 is 2.38 bits per heavy atom. The Balaban J connectivity index is 1.81. The lowest BCUT2D eigenvalue weighted by Crippen LogP contribution is -2.44. The van der Waals surface area contributed by atoms with Crippen LogP contribution in [0.25, 0.3) is 0 Å². The fourth-order valence-electron chi connectivity index (χ4n) is 1.72. The molecule has 0 aromatic rings. The van der Waals surface area contributed by atoms with Crippen LogP contribution in [0.4, 0.5) is 0 Å². The molecule has 1 aliphatic carbocycles. The molecule has 1 N–H and O–H groups in total. The number of hydrogen-bond donors (Lipinski definition) is 1. The summed E-state index contributed by atoms with van der Waals surface area (Å²) in [6.07, 6.45) is 13.4. The van der Waals surface area contributed by atoms with Crippen LogP contribution in [-0.2, 0) is 4.74 Å². The van der Waals surface area contributed by atoms with Crippen LogP contribution in [-0.4, -0.2) is 19.7 Å². The van der Waals surface area contributed by atoms with Crippen LogP contribution in [0, 0.1) is 5.92 Å². The number of nitrogens with one attached hydrogen (secondary N) is 1. The highest BCUT2D eigenvalue weighted by atomic mass is 16.5. The fourth-order valence-corrected chi connectivity index (χ4v) is 1.72. The molecular formula is C14H19NO. The predicted molar refractivity (Wildman–Crippen MR) is 67.0 cm³/mol. The van der Waals surface area contributed by atoms with Crippen LogP contribution in [0.1, 0.15) is 13.3 Å². The van der Waals surface area contributed by atoms with E-state index in [1.807, 2.05) is 13.0 Å². The van der Waals surface area contributed by atoms with Crippen molar-refractivity contribution in [3.05, 3.63) is 47.8 Å². The second-order valence-electron chi connectivity index (χ2n) is 4.27. The molecule has 0 atom stereocenters. The normalized spacial score (nSPS) is 23.6. The van der Waals surface area contributed by atoms with Gasteiger partial charge in [0.15, 0.2) is 0 Å². The van der Waals surface area contributed by atoms with Gasteiger partial charge in [-0.1, -0.05) is 30.4 Å². The van der Waals surface area contributed by atoms with Crippen molar-refractivity contribution in [1.82, 2.24) is 5.32 Å².